The van der Waals surface area contributed by atoms with Crippen molar-refractivity contribution in [2.75, 3.05) is 15.6 Å². The summed E-state index contributed by atoms with van der Waals surface area (Å²) in [7, 11) is -7.92. The van der Waals surface area contributed by atoms with Gasteiger partial charge in [0.25, 0.3) is 20.0 Å². The van der Waals surface area contributed by atoms with Gasteiger partial charge in [0.15, 0.2) is 0 Å². The van der Waals surface area contributed by atoms with Crippen molar-refractivity contribution in [2.24, 2.45) is 0 Å². The molecule has 0 saturated carbocycles. The van der Waals surface area contributed by atoms with Crippen molar-refractivity contribution < 1.29 is 30.0 Å². The van der Waals surface area contributed by atoms with Crippen LogP contribution >= 0.6 is 0 Å². The molecule has 0 amide bonds. The summed E-state index contributed by atoms with van der Waals surface area (Å²) in [5.41, 5.74) is 0.346. The third-order valence-corrected chi connectivity index (χ3v) is 8.46. The molecule has 11 heteroatoms. The summed E-state index contributed by atoms with van der Waals surface area (Å²) in [6.45, 7) is 0.293. The number of nitrogens with one attached hydrogen (secondary N) is 1. The highest BCUT2D eigenvalue weighted by atomic mass is 32.2. The van der Waals surface area contributed by atoms with E-state index in [0.29, 0.717) is 42.8 Å². The van der Waals surface area contributed by atoms with Gasteiger partial charge in [-0.2, -0.15) is 13.2 Å². The lowest BCUT2D eigenvalue weighted by molar-refractivity contribution is -0.137. The Hall–Kier alpha value is -3.05. The number of hydrogen-bond acceptors (Lipinski definition) is 4. The van der Waals surface area contributed by atoms with Crippen molar-refractivity contribution in [3.8, 4) is 0 Å². The van der Waals surface area contributed by atoms with Crippen LogP contribution in [0.15, 0.2) is 82.6 Å². The van der Waals surface area contributed by atoms with Gasteiger partial charge in [-0.25, -0.2) is 16.8 Å². The molecule has 1 aliphatic rings. The zero-order chi connectivity index (χ0) is 23.9. The molecule has 0 saturated heterocycles. The maximum Gasteiger partial charge on any atom is 0.416 e. The molecule has 0 bridgehead atoms. The summed E-state index contributed by atoms with van der Waals surface area (Å²) in [5.74, 6) is 0. The number of anilines is 2. The first-order valence-corrected chi connectivity index (χ1v) is 12.8. The topological polar surface area (TPSA) is 83.6 Å². The van der Waals surface area contributed by atoms with Gasteiger partial charge >= 0.3 is 6.18 Å². The van der Waals surface area contributed by atoms with Crippen molar-refractivity contribution in [1.29, 1.82) is 0 Å². The molecule has 3 aromatic rings. The molecule has 1 heterocycles. The summed E-state index contributed by atoms with van der Waals surface area (Å²) < 4.78 is 93.3. The fourth-order valence-electron chi connectivity index (χ4n) is 3.63. The molecule has 0 unspecified atom stereocenters. The minimum atomic E-state index is -4.57. The highest BCUT2D eigenvalue weighted by Crippen LogP contribution is 2.34. The highest BCUT2D eigenvalue weighted by Gasteiger charge is 2.31. The summed E-state index contributed by atoms with van der Waals surface area (Å²) in [5, 5.41) is 0. The molecule has 0 fully saturated rings. The SMILES string of the molecule is O=S(=O)(Nc1ccc2c(c1)CCCN2S(=O)(=O)c1ccccc1)c1ccc(C(F)(F)F)cc1. The standard InChI is InChI=1S/C22H19F3N2O4S2/c23-22(24,25)17-8-11-19(12-9-17)32(28,29)26-18-10-13-21-16(15-18)5-4-14-27(21)33(30,31)20-6-2-1-3-7-20/h1-3,6-13,15,26H,4-5,14H2. The first-order valence-electron chi connectivity index (χ1n) is 9.89. The summed E-state index contributed by atoms with van der Waals surface area (Å²) in [4.78, 5) is -0.161. The Morgan fingerprint density at radius 3 is 2.12 bits per heavy atom. The molecule has 0 atom stereocenters. The molecule has 174 valence electrons. The zero-order valence-electron chi connectivity index (χ0n) is 17.1. The lowest BCUT2D eigenvalue weighted by Gasteiger charge is -2.31. The maximum absolute atomic E-state index is 13.1. The summed E-state index contributed by atoms with van der Waals surface area (Å²) in [6, 6.07) is 15.7. The third-order valence-electron chi connectivity index (χ3n) is 5.23. The van der Waals surface area contributed by atoms with Crippen LogP contribution in [0.5, 0.6) is 0 Å². The predicted octanol–water partition coefficient (Wildman–Crippen LogP) is 4.65. The van der Waals surface area contributed by atoms with Gasteiger partial charge in [-0.05, 0) is 73.0 Å². The van der Waals surface area contributed by atoms with Crippen LogP contribution in [0.25, 0.3) is 0 Å². The van der Waals surface area contributed by atoms with Gasteiger partial charge in [0.2, 0.25) is 0 Å². The van der Waals surface area contributed by atoms with Gasteiger partial charge < -0.3 is 0 Å². The first kappa shape index (κ1) is 23.1. The Labute approximate surface area is 189 Å². The first-order chi connectivity index (χ1) is 15.5. The average Bonchev–Trinajstić information content (AvgIpc) is 2.78. The molecule has 0 spiro atoms. The van der Waals surface area contributed by atoms with E-state index in [2.05, 4.69) is 4.72 Å². The lowest BCUT2D eigenvalue weighted by atomic mass is 10.0. The molecule has 4 rings (SSSR count). The second-order valence-electron chi connectivity index (χ2n) is 7.46. The second kappa shape index (κ2) is 8.38. The van der Waals surface area contributed by atoms with E-state index >= 15 is 0 Å². The number of halogens is 3. The quantitative estimate of drug-likeness (QED) is 0.558. The van der Waals surface area contributed by atoms with Crippen molar-refractivity contribution >= 4 is 31.4 Å². The molecule has 33 heavy (non-hydrogen) atoms. The smallest absolute Gasteiger partial charge is 0.280 e. The molecule has 1 N–H and O–H groups in total. The number of sulfonamides is 2. The van der Waals surface area contributed by atoms with E-state index in [9.17, 15) is 30.0 Å². The average molecular weight is 497 g/mol. The van der Waals surface area contributed by atoms with Crippen LogP contribution in [0.1, 0.15) is 17.5 Å². The van der Waals surface area contributed by atoms with Crippen LogP contribution in [-0.2, 0) is 32.6 Å². The fourth-order valence-corrected chi connectivity index (χ4v) is 6.24. The number of aryl methyl sites for hydroxylation is 1. The van der Waals surface area contributed by atoms with Crippen molar-refractivity contribution in [1.82, 2.24) is 0 Å². The van der Waals surface area contributed by atoms with Crippen molar-refractivity contribution in [3.05, 3.63) is 83.9 Å². The number of benzene rings is 3. The monoisotopic (exact) mass is 496 g/mol. The van der Waals surface area contributed by atoms with Gasteiger partial charge in [0.1, 0.15) is 0 Å². The minimum Gasteiger partial charge on any atom is -0.280 e. The fraction of sp³-hybridized carbons (Fsp3) is 0.182. The number of alkyl halides is 3. The molecule has 0 radical (unpaired) electrons. The van der Waals surface area contributed by atoms with Crippen LogP contribution in [-0.4, -0.2) is 23.4 Å². The van der Waals surface area contributed by atoms with E-state index in [1.54, 1.807) is 24.3 Å². The van der Waals surface area contributed by atoms with E-state index in [-0.39, 0.29) is 15.5 Å². The van der Waals surface area contributed by atoms with Gasteiger partial charge in [-0.1, -0.05) is 18.2 Å². The van der Waals surface area contributed by atoms with Gasteiger partial charge in [0, 0.05) is 12.2 Å². The van der Waals surface area contributed by atoms with Crippen LogP contribution in [0, 0.1) is 0 Å². The Morgan fingerprint density at radius 2 is 1.48 bits per heavy atom. The van der Waals surface area contributed by atoms with Gasteiger partial charge in [-0.3, -0.25) is 9.03 Å². The Morgan fingerprint density at radius 1 is 0.818 bits per heavy atom. The molecule has 0 aliphatic carbocycles. The largest absolute Gasteiger partial charge is 0.416 e. The third kappa shape index (κ3) is 4.69. The van der Waals surface area contributed by atoms with Crippen molar-refractivity contribution in [2.45, 2.75) is 28.8 Å². The highest BCUT2D eigenvalue weighted by molar-refractivity contribution is 7.93. The molecule has 0 aromatic heterocycles. The van der Waals surface area contributed by atoms with Crippen LogP contribution < -0.4 is 9.03 Å². The van der Waals surface area contributed by atoms with E-state index in [1.807, 2.05) is 0 Å². The Balaban J connectivity index is 1.61. The van der Waals surface area contributed by atoms with Crippen LogP contribution in [0.3, 0.4) is 0 Å². The normalized spacial score (nSPS) is 14.6. The van der Waals surface area contributed by atoms with Crippen LogP contribution in [0.2, 0.25) is 0 Å². The van der Waals surface area contributed by atoms with Crippen LogP contribution in [0.4, 0.5) is 24.5 Å². The number of hydrogen-bond donors (Lipinski definition) is 1. The van der Waals surface area contributed by atoms with Gasteiger partial charge in [0.05, 0.1) is 21.0 Å². The van der Waals surface area contributed by atoms with E-state index in [4.69, 9.17) is 0 Å². The van der Waals surface area contributed by atoms with Gasteiger partial charge in [-0.15, -0.1) is 0 Å². The van der Waals surface area contributed by atoms with E-state index < -0.39 is 31.8 Å². The van der Waals surface area contributed by atoms with E-state index in [1.165, 1.54) is 28.6 Å². The Kier molecular flexibility index (Phi) is 5.87. The number of rotatable bonds is 5. The predicted molar refractivity (Wildman–Crippen MR) is 118 cm³/mol. The molecular weight excluding hydrogens is 477 g/mol. The van der Waals surface area contributed by atoms with E-state index in [0.717, 1.165) is 12.1 Å². The number of nitrogens with zero attached hydrogens (tertiary/aromatic N) is 1. The summed E-state index contributed by atoms with van der Waals surface area (Å²) in [6.07, 6.45) is -3.47. The van der Waals surface area contributed by atoms with Crippen molar-refractivity contribution in [3.63, 3.8) is 0 Å². The molecular formula is C22H19F3N2O4S2. The number of fused-ring (bicyclic) bond motifs is 1. The molecule has 1 aliphatic heterocycles. The lowest BCUT2D eigenvalue weighted by Crippen LogP contribution is -2.35. The molecule has 3 aromatic carbocycles. The summed E-state index contributed by atoms with van der Waals surface area (Å²) >= 11 is 0. The second-order valence-corrected chi connectivity index (χ2v) is 11.0. The minimum absolute atomic E-state index is 0.157. The maximum atomic E-state index is 13.1. The molecule has 6 nitrogen and oxygen atoms in total. The zero-order valence-corrected chi connectivity index (χ0v) is 18.7. The Bertz CT molecular complexity index is 1370.